The molecule has 106 valence electrons. The molecular formula is C15H23ClN2O. The fourth-order valence-electron chi connectivity index (χ4n) is 2.60. The zero-order valence-corrected chi connectivity index (χ0v) is 12.3. The Morgan fingerprint density at radius 1 is 1.42 bits per heavy atom. The summed E-state index contributed by atoms with van der Waals surface area (Å²) in [4.78, 5) is 2.42. The van der Waals surface area contributed by atoms with E-state index in [4.69, 9.17) is 11.6 Å². The second-order valence-electron chi connectivity index (χ2n) is 5.26. The molecule has 0 radical (unpaired) electrons. The fourth-order valence-corrected chi connectivity index (χ4v) is 2.81. The van der Waals surface area contributed by atoms with Gasteiger partial charge in [0.25, 0.3) is 0 Å². The Balaban J connectivity index is 1.92. The third kappa shape index (κ3) is 4.37. The molecule has 0 saturated carbocycles. The number of nitrogens with one attached hydrogen (secondary N) is 1. The van der Waals surface area contributed by atoms with Crippen molar-refractivity contribution in [3.8, 4) is 5.75 Å². The lowest BCUT2D eigenvalue weighted by atomic mass is 10.0. The van der Waals surface area contributed by atoms with E-state index in [1.807, 2.05) is 12.1 Å². The van der Waals surface area contributed by atoms with E-state index < -0.39 is 0 Å². The van der Waals surface area contributed by atoms with E-state index >= 15 is 0 Å². The molecule has 1 aliphatic heterocycles. The van der Waals surface area contributed by atoms with Gasteiger partial charge in [-0.1, -0.05) is 31.0 Å². The topological polar surface area (TPSA) is 35.5 Å². The van der Waals surface area contributed by atoms with Crippen LogP contribution in [-0.4, -0.2) is 35.7 Å². The maximum absolute atomic E-state index is 9.44. The van der Waals surface area contributed by atoms with Crippen molar-refractivity contribution in [2.75, 3.05) is 19.6 Å². The molecule has 1 aromatic carbocycles. The van der Waals surface area contributed by atoms with E-state index in [9.17, 15) is 5.11 Å². The van der Waals surface area contributed by atoms with E-state index in [1.54, 1.807) is 6.07 Å². The van der Waals surface area contributed by atoms with Gasteiger partial charge in [-0.15, -0.1) is 0 Å². The van der Waals surface area contributed by atoms with Crippen molar-refractivity contribution >= 4 is 11.6 Å². The minimum atomic E-state index is 0.155. The Kier molecular flexibility index (Phi) is 5.49. The summed E-state index contributed by atoms with van der Waals surface area (Å²) in [5.41, 5.74) is 1.15. The summed E-state index contributed by atoms with van der Waals surface area (Å²) in [6.07, 6.45) is 3.91. The molecule has 4 heteroatoms. The van der Waals surface area contributed by atoms with Gasteiger partial charge in [0.1, 0.15) is 5.75 Å². The van der Waals surface area contributed by atoms with Gasteiger partial charge in [0, 0.05) is 19.1 Å². The van der Waals surface area contributed by atoms with Gasteiger partial charge < -0.3 is 10.4 Å². The van der Waals surface area contributed by atoms with Crippen LogP contribution >= 0.6 is 11.6 Å². The minimum absolute atomic E-state index is 0.155. The smallest absolute Gasteiger partial charge is 0.134 e. The highest BCUT2D eigenvalue weighted by Crippen LogP contribution is 2.24. The zero-order valence-electron chi connectivity index (χ0n) is 11.5. The Morgan fingerprint density at radius 2 is 2.26 bits per heavy atom. The summed E-state index contributed by atoms with van der Waals surface area (Å²) < 4.78 is 0. The van der Waals surface area contributed by atoms with Crippen LogP contribution in [0, 0.1) is 0 Å². The Bertz CT molecular complexity index is 405. The van der Waals surface area contributed by atoms with Crippen LogP contribution in [0.4, 0.5) is 0 Å². The predicted molar refractivity (Wildman–Crippen MR) is 79.7 cm³/mol. The zero-order chi connectivity index (χ0) is 13.7. The predicted octanol–water partition coefficient (Wildman–Crippen LogP) is 3.01. The Morgan fingerprint density at radius 3 is 2.89 bits per heavy atom. The van der Waals surface area contributed by atoms with E-state index in [1.165, 1.54) is 19.3 Å². The number of halogens is 1. The number of nitrogens with zero attached hydrogens (tertiary/aromatic N) is 1. The van der Waals surface area contributed by atoms with Gasteiger partial charge in [0.2, 0.25) is 0 Å². The van der Waals surface area contributed by atoms with Crippen molar-refractivity contribution in [1.29, 1.82) is 0 Å². The molecular weight excluding hydrogens is 260 g/mol. The SMILES string of the molecule is CCN(Cc1ccc(O)c(Cl)c1)CC1CCCCN1. The molecule has 0 spiro atoms. The number of hydrogen-bond acceptors (Lipinski definition) is 3. The minimum Gasteiger partial charge on any atom is -0.506 e. The second-order valence-corrected chi connectivity index (χ2v) is 5.67. The first kappa shape index (κ1) is 14.6. The number of phenolic OH excluding ortho intramolecular Hbond substituents is 1. The van der Waals surface area contributed by atoms with Crippen LogP contribution in [-0.2, 0) is 6.54 Å². The molecule has 3 nitrogen and oxygen atoms in total. The second kappa shape index (κ2) is 7.13. The summed E-state index contributed by atoms with van der Waals surface area (Å²) in [7, 11) is 0. The largest absolute Gasteiger partial charge is 0.506 e. The summed E-state index contributed by atoms with van der Waals surface area (Å²) >= 11 is 5.95. The number of likely N-dealkylation sites (N-methyl/N-ethyl adjacent to an activating group) is 1. The van der Waals surface area contributed by atoms with Gasteiger partial charge in [0.05, 0.1) is 5.02 Å². The molecule has 1 heterocycles. The van der Waals surface area contributed by atoms with Crippen LogP contribution in [0.5, 0.6) is 5.75 Å². The molecule has 1 atom stereocenters. The van der Waals surface area contributed by atoms with E-state index in [-0.39, 0.29) is 5.75 Å². The fraction of sp³-hybridized carbons (Fsp3) is 0.600. The first-order chi connectivity index (χ1) is 9.19. The first-order valence-corrected chi connectivity index (χ1v) is 7.50. The molecule has 19 heavy (non-hydrogen) atoms. The summed E-state index contributed by atoms with van der Waals surface area (Å²) in [6, 6.07) is 6.08. The number of hydrogen-bond donors (Lipinski definition) is 2. The molecule has 0 aliphatic carbocycles. The van der Waals surface area contributed by atoms with Crippen LogP contribution in [0.25, 0.3) is 0 Å². The van der Waals surface area contributed by atoms with Crippen molar-refractivity contribution in [1.82, 2.24) is 10.2 Å². The molecule has 1 saturated heterocycles. The third-order valence-corrected chi connectivity index (χ3v) is 4.06. The highest BCUT2D eigenvalue weighted by atomic mass is 35.5. The molecule has 1 fully saturated rings. The molecule has 0 aromatic heterocycles. The average Bonchev–Trinajstić information content (AvgIpc) is 2.43. The lowest BCUT2D eigenvalue weighted by molar-refractivity contribution is 0.226. The van der Waals surface area contributed by atoms with Crippen molar-refractivity contribution in [3.63, 3.8) is 0 Å². The van der Waals surface area contributed by atoms with Crippen molar-refractivity contribution in [2.24, 2.45) is 0 Å². The summed E-state index contributed by atoms with van der Waals surface area (Å²) in [6.45, 7) is 6.32. The summed E-state index contributed by atoms with van der Waals surface area (Å²) in [5.74, 6) is 0.155. The molecule has 2 rings (SSSR count). The van der Waals surface area contributed by atoms with Gasteiger partial charge >= 0.3 is 0 Å². The average molecular weight is 283 g/mol. The third-order valence-electron chi connectivity index (χ3n) is 3.76. The van der Waals surface area contributed by atoms with E-state index in [2.05, 4.69) is 17.1 Å². The lowest BCUT2D eigenvalue weighted by Crippen LogP contribution is -2.43. The Hall–Kier alpha value is -0.770. The first-order valence-electron chi connectivity index (χ1n) is 7.12. The van der Waals surface area contributed by atoms with Crippen molar-refractivity contribution < 1.29 is 5.11 Å². The van der Waals surface area contributed by atoms with Gasteiger partial charge in [-0.25, -0.2) is 0 Å². The number of aromatic hydroxyl groups is 1. The molecule has 0 amide bonds. The van der Waals surface area contributed by atoms with E-state index in [0.29, 0.717) is 11.1 Å². The normalized spacial score (nSPS) is 19.8. The number of phenols is 1. The van der Waals surface area contributed by atoms with Gasteiger partial charge in [-0.05, 0) is 43.6 Å². The maximum atomic E-state index is 9.44. The van der Waals surface area contributed by atoms with Crippen molar-refractivity contribution in [2.45, 2.75) is 38.8 Å². The van der Waals surface area contributed by atoms with Gasteiger partial charge in [-0.3, -0.25) is 4.90 Å². The number of piperidine rings is 1. The summed E-state index contributed by atoms with van der Waals surface area (Å²) in [5, 5.41) is 13.5. The van der Waals surface area contributed by atoms with Crippen LogP contribution in [0.2, 0.25) is 5.02 Å². The highest BCUT2D eigenvalue weighted by molar-refractivity contribution is 6.32. The molecule has 0 bridgehead atoms. The van der Waals surface area contributed by atoms with Crippen LogP contribution in [0.1, 0.15) is 31.7 Å². The number of rotatable bonds is 5. The quantitative estimate of drug-likeness (QED) is 0.871. The molecule has 1 aromatic rings. The van der Waals surface area contributed by atoms with Gasteiger partial charge in [-0.2, -0.15) is 0 Å². The maximum Gasteiger partial charge on any atom is 0.134 e. The molecule has 2 N–H and O–H groups in total. The van der Waals surface area contributed by atoms with Crippen LogP contribution in [0.3, 0.4) is 0 Å². The monoisotopic (exact) mass is 282 g/mol. The number of benzene rings is 1. The van der Waals surface area contributed by atoms with Crippen molar-refractivity contribution in [3.05, 3.63) is 28.8 Å². The standard InChI is InChI=1S/C15H23ClN2O/c1-2-18(11-13-5-3-4-8-17-13)10-12-6-7-15(19)14(16)9-12/h6-7,9,13,17,19H,2-5,8,10-11H2,1H3. The molecule has 1 aliphatic rings. The van der Waals surface area contributed by atoms with Crippen LogP contribution < -0.4 is 5.32 Å². The lowest BCUT2D eigenvalue weighted by Gasteiger charge is -2.30. The van der Waals surface area contributed by atoms with Gasteiger partial charge in [0.15, 0.2) is 0 Å². The Labute approximate surface area is 120 Å². The molecule has 1 unspecified atom stereocenters. The van der Waals surface area contributed by atoms with Crippen LogP contribution in [0.15, 0.2) is 18.2 Å². The van der Waals surface area contributed by atoms with E-state index in [0.717, 1.165) is 31.7 Å². The highest BCUT2D eigenvalue weighted by Gasteiger charge is 2.16.